The van der Waals surface area contributed by atoms with Crippen molar-refractivity contribution in [1.29, 1.82) is 0 Å². The lowest BCUT2D eigenvalue weighted by Gasteiger charge is -2.19. The van der Waals surface area contributed by atoms with Gasteiger partial charge in [0.05, 0.1) is 6.04 Å². The van der Waals surface area contributed by atoms with E-state index in [-0.39, 0.29) is 17.7 Å². The number of rotatable bonds is 5. The molecule has 1 atom stereocenters. The molecule has 112 valence electrons. The minimum absolute atomic E-state index is 0.254. The Morgan fingerprint density at radius 1 is 1.14 bits per heavy atom. The second-order valence-corrected chi connectivity index (χ2v) is 6.05. The Balaban J connectivity index is 2.15. The van der Waals surface area contributed by atoms with Crippen LogP contribution in [0.25, 0.3) is 0 Å². The Labute approximate surface area is 127 Å². The normalized spacial score (nSPS) is 12.4. The molecule has 21 heavy (non-hydrogen) atoms. The third-order valence-electron chi connectivity index (χ3n) is 3.26. The monoisotopic (exact) mass is 308 g/mol. The lowest BCUT2D eigenvalue weighted by atomic mass is 10.00. The summed E-state index contributed by atoms with van der Waals surface area (Å²) in [7, 11) is 0. The van der Waals surface area contributed by atoms with Gasteiger partial charge in [-0.3, -0.25) is 11.3 Å². The molecule has 0 aliphatic heterocycles. The van der Waals surface area contributed by atoms with E-state index < -0.39 is 0 Å². The number of halogens is 2. The van der Waals surface area contributed by atoms with Crippen molar-refractivity contribution in [1.82, 2.24) is 5.43 Å². The SMILES string of the molecule is Cc1cc(C)c(C(CSc2ccc(F)cc2)NN)c(F)c1. The molecular weight excluding hydrogens is 290 g/mol. The summed E-state index contributed by atoms with van der Waals surface area (Å²) >= 11 is 1.50. The molecule has 2 nitrogen and oxygen atoms in total. The zero-order valence-corrected chi connectivity index (χ0v) is 12.8. The van der Waals surface area contributed by atoms with Gasteiger partial charge in [-0.25, -0.2) is 8.78 Å². The molecule has 0 aromatic heterocycles. The molecule has 2 aromatic rings. The van der Waals surface area contributed by atoms with Crippen LogP contribution in [0.2, 0.25) is 0 Å². The summed E-state index contributed by atoms with van der Waals surface area (Å²) in [6.07, 6.45) is 0. The fraction of sp³-hybridized carbons (Fsp3) is 0.250. The van der Waals surface area contributed by atoms with Crippen LogP contribution in [0.15, 0.2) is 41.3 Å². The van der Waals surface area contributed by atoms with Crippen LogP contribution >= 0.6 is 11.8 Å². The summed E-state index contributed by atoms with van der Waals surface area (Å²) in [6, 6.07) is 9.36. The zero-order valence-electron chi connectivity index (χ0n) is 12.0. The van der Waals surface area contributed by atoms with Gasteiger partial charge >= 0.3 is 0 Å². The first kappa shape index (κ1) is 15.9. The van der Waals surface area contributed by atoms with Crippen LogP contribution in [0.3, 0.4) is 0 Å². The molecule has 0 bridgehead atoms. The van der Waals surface area contributed by atoms with E-state index in [4.69, 9.17) is 5.84 Å². The molecule has 2 rings (SSSR count). The largest absolute Gasteiger partial charge is 0.271 e. The Morgan fingerprint density at radius 2 is 1.81 bits per heavy atom. The van der Waals surface area contributed by atoms with Gasteiger partial charge in [-0.2, -0.15) is 0 Å². The summed E-state index contributed by atoms with van der Waals surface area (Å²) in [5.74, 6) is 5.61. The third-order valence-corrected chi connectivity index (χ3v) is 4.37. The van der Waals surface area contributed by atoms with Gasteiger partial charge in [-0.15, -0.1) is 11.8 Å². The van der Waals surface area contributed by atoms with E-state index in [1.807, 2.05) is 19.9 Å². The zero-order chi connectivity index (χ0) is 15.4. The van der Waals surface area contributed by atoms with Gasteiger partial charge in [0.15, 0.2) is 0 Å². The molecule has 0 heterocycles. The molecule has 0 spiro atoms. The van der Waals surface area contributed by atoms with Gasteiger partial charge in [-0.05, 0) is 55.3 Å². The van der Waals surface area contributed by atoms with Crippen molar-refractivity contribution in [3.63, 3.8) is 0 Å². The average molecular weight is 308 g/mol. The molecule has 1 unspecified atom stereocenters. The van der Waals surface area contributed by atoms with E-state index >= 15 is 0 Å². The van der Waals surface area contributed by atoms with Gasteiger partial charge in [0.2, 0.25) is 0 Å². The van der Waals surface area contributed by atoms with Gasteiger partial charge in [0, 0.05) is 16.2 Å². The number of aryl methyl sites for hydroxylation is 2. The summed E-state index contributed by atoms with van der Waals surface area (Å²) in [6.45, 7) is 3.73. The summed E-state index contributed by atoms with van der Waals surface area (Å²) in [4.78, 5) is 0.918. The number of thioether (sulfide) groups is 1. The molecule has 0 fully saturated rings. The highest BCUT2D eigenvalue weighted by Gasteiger charge is 2.17. The van der Waals surface area contributed by atoms with Crippen LogP contribution in [0.4, 0.5) is 8.78 Å². The maximum Gasteiger partial charge on any atom is 0.128 e. The highest BCUT2D eigenvalue weighted by atomic mass is 32.2. The van der Waals surface area contributed by atoms with Crippen molar-refractivity contribution in [3.8, 4) is 0 Å². The second kappa shape index (κ2) is 7.02. The molecule has 0 saturated carbocycles. The minimum Gasteiger partial charge on any atom is -0.271 e. The minimum atomic E-state index is -0.305. The predicted octanol–water partition coefficient (Wildman–Crippen LogP) is 3.88. The maximum absolute atomic E-state index is 14.2. The number of nitrogens with one attached hydrogen (secondary N) is 1. The molecule has 5 heteroatoms. The first-order chi connectivity index (χ1) is 10.0. The topological polar surface area (TPSA) is 38.0 Å². The average Bonchev–Trinajstić information content (AvgIpc) is 2.43. The van der Waals surface area contributed by atoms with E-state index in [0.717, 1.165) is 16.0 Å². The molecule has 0 saturated heterocycles. The molecule has 2 aromatic carbocycles. The van der Waals surface area contributed by atoms with E-state index in [9.17, 15) is 8.78 Å². The van der Waals surface area contributed by atoms with E-state index in [1.165, 1.54) is 30.0 Å². The molecular formula is C16H18F2N2S. The Bertz CT molecular complexity index is 591. The number of nitrogens with two attached hydrogens (primary N) is 1. The Morgan fingerprint density at radius 3 is 2.38 bits per heavy atom. The van der Waals surface area contributed by atoms with E-state index in [2.05, 4.69) is 5.43 Å². The second-order valence-electron chi connectivity index (χ2n) is 4.96. The molecule has 0 aliphatic carbocycles. The standard InChI is InChI=1S/C16H18F2N2S/c1-10-7-11(2)16(14(18)8-10)15(20-19)9-21-13-5-3-12(17)4-6-13/h3-8,15,20H,9,19H2,1-2H3. The lowest BCUT2D eigenvalue weighted by molar-refractivity contribution is 0.542. The van der Waals surface area contributed by atoms with Gasteiger partial charge in [-0.1, -0.05) is 6.07 Å². The lowest BCUT2D eigenvalue weighted by Crippen LogP contribution is -2.31. The molecule has 0 amide bonds. The molecule has 0 radical (unpaired) electrons. The predicted molar refractivity (Wildman–Crippen MR) is 83.1 cm³/mol. The molecule has 0 aliphatic rings. The first-order valence-corrected chi connectivity index (χ1v) is 7.61. The van der Waals surface area contributed by atoms with Crippen molar-refractivity contribution >= 4 is 11.8 Å². The van der Waals surface area contributed by atoms with Crippen molar-refractivity contribution in [2.24, 2.45) is 5.84 Å². The maximum atomic E-state index is 14.2. The third kappa shape index (κ3) is 4.03. The van der Waals surface area contributed by atoms with E-state index in [1.54, 1.807) is 12.1 Å². The highest BCUT2D eigenvalue weighted by molar-refractivity contribution is 7.99. The molecule has 3 N–H and O–H groups in total. The summed E-state index contributed by atoms with van der Waals surface area (Å²) in [5.41, 5.74) is 5.00. The van der Waals surface area contributed by atoms with Crippen molar-refractivity contribution in [2.45, 2.75) is 24.8 Å². The van der Waals surface area contributed by atoms with Crippen molar-refractivity contribution in [2.75, 3.05) is 5.75 Å². The van der Waals surface area contributed by atoms with Crippen LogP contribution in [0.5, 0.6) is 0 Å². The number of hydrogen-bond acceptors (Lipinski definition) is 3. The Hall–Kier alpha value is -1.43. The smallest absolute Gasteiger partial charge is 0.128 e. The van der Waals surface area contributed by atoms with Crippen molar-refractivity contribution < 1.29 is 8.78 Å². The van der Waals surface area contributed by atoms with Crippen molar-refractivity contribution in [3.05, 3.63) is 64.7 Å². The van der Waals surface area contributed by atoms with Crippen LogP contribution < -0.4 is 11.3 Å². The van der Waals surface area contributed by atoms with Gasteiger partial charge < -0.3 is 0 Å². The fourth-order valence-electron chi connectivity index (χ4n) is 2.29. The summed E-state index contributed by atoms with van der Waals surface area (Å²) in [5, 5.41) is 0. The first-order valence-electron chi connectivity index (χ1n) is 6.62. The number of benzene rings is 2. The van der Waals surface area contributed by atoms with Crippen LogP contribution in [-0.2, 0) is 0 Å². The number of hydrogen-bond donors (Lipinski definition) is 2. The van der Waals surface area contributed by atoms with Crippen LogP contribution in [0.1, 0.15) is 22.7 Å². The van der Waals surface area contributed by atoms with Gasteiger partial charge in [0.25, 0.3) is 0 Å². The number of hydrazine groups is 1. The Kier molecular flexibility index (Phi) is 5.33. The fourth-order valence-corrected chi connectivity index (χ4v) is 3.24. The summed E-state index contributed by atoms with van der Waals surface area (Å²) < 4.78 is 27.0. The van der Waals surface area contributed by atoms with Crippen LogP contribution in [-0.4, -0.2) is 5.75 Å². The van der Waals surface area contributed by atoms with Crippen LogP contribution in [0, 0.1) is 25.5 Å². The highest BCUT2D eigenvalue weighted by Crippen LogP contribution is 2.28. The van der Waals surface area contributed by atoms with Gasteiger partial charge in [0.1, 0.15) is 11.6 Å². The van der Waals surface area contributed by atoms with E-state index in [0.29, 0.717) is 11.3 Å². The quantitative estimate of drug-likeness (QED) is 0.500.